The second-order valence-corrected chi connectivity index (χ2v) is 5.09. The predicted molar refractivity (Wildman–Crippen MR) is 67.1 cm³/mol. The molecule has 1 unspecified atom stereocenters. The fraction of sp³-hybridized carbons (Fsp3) is 0.909. The molecule has 1 heterocycles. The number of hydrogen-bond acceptors (Lipinski definition) is 3. The molecule has 4 nitrogen and oxygen atoms in total. The number of hydrogen-bond donors (Lipinski definition) is 1. The normalized spacial score (nSPS) is 20.9. The van der Waals surface area contributed by atoms with Gasteiger partial charge in [-0.05, 0) is 40.2 Å². The van der Waals surface area contributed by atoms with Crippen LogP contribution >= 0.6 is 12.4 Å². The Balaban J connectivity index is 0.00000225. The third-order valence-corrected chi connectivity index (χ3v) is 2.50. The van der Waals surface area contributed by atoms with Crippen molar-refractivity contribution in [3.63, 3.8) is 0 Å². The largest absolute Gasteiger partial charge is 0.444 e. The third-order valence-electron chi connectivity index (χ3n) is 2.50. The van der Waals surface area contributed by atoms with Gasteiger partial charge < -0.3 is 15.0 Å². The summed E-state index contributed by atoms with van der Waals surface area (Å²) in [4.78, 5) is 13.4. The molecule has 0 radical (unpaired) electrons. The van der Waals surface area contributed by atoms with Crippen LogP contribution in [-0.2, 0) is 4.74 Å². The first-order chi connectivity index (χ1) is 6.90. The first kappa shape index (κ1) is 15.5. The molecule has 0 aromatic carbocycles. The summed E-state index contributed by atoms with van der Waals surface area (Å²) in [7, 11) is 1.81. The fourth-order valence-electron chi connectivity index (χ4n) is 1.65. The summed E-state index contributed by atoms with van der Waals surface area (Å²) in [6.07, 6.45) is 1.96. The first-order valence-electron chi connectivity index (χ1n) is 5.56. The summed E-state index contributed by atoms with van der Waals surface area (Å²) in [6, 6.07) is 0.272. The Hall–Kier alpha value is -0.480. The lowest BCUT2D eigenvalue weighted by Crippen LogP contribution is -2.48. The van der Waals surface area contributed by atoms with E-state index in [-0.39, 0.29) is 24.5 Å². The highest BCUT2D eigenvalue weighted by Gasteiger charge is 2.26. The molecule has 0 aromatic rings. The van der Waals surface area contributed by atoms with Crippen molar-refractivity contribution in [2.75, 3.05) is 20.1 Å². The number of nitrogens with zero attached hydrogens (tertiary/aromatic N) is 1. The van der Waals surface area contributed by atoms with Crippen LogP contribution in [0.3, 0.4) is 0 Å². The minimum Gasteiger partial charge on any atom is -0.444 e. The van der Waals surface area contributed by atoms with Crippen molar-refractivity contribution < 1.29 is 9.53 Å². The molecule has 1 aliphatic heterocycles. The molecule has 0 bridgehead atoms. The van der Waals surface area contributed by atoms with E-state index in [0.29, 0.717) is 0 Å². The van der Waals surface area contributed by atoms with Gasteiger partial charge in [-0.1, -0.05) is 0 Å². The Kier molecular flexibility index (Phi) is 6.11. The molecule has 1 amide bonds. The average Bonchev–Trinajstić information content (AvgIpc) is 2.15. The van der Waals surface area contributed by atoms with Gasteiger partial charge in [0.1, 0.15) is 5.60 Å². The third kappa shape index (κ3) is 5.03. The summed E-state index contributed by atoms with van der Waals surface area (Å²) in [5, 5.41) is 3.28. The molecule has 1 fully saturated rings. The van der Waals surface area contributed by atoms with Gasteiger partial charge in [0.15, 0.2) is 0 Å². The Morgan fingerprint density at radius 1 is 1.44 bits per heavy atom. The van der Waals surface area contributed by atoms with Crippen molar-refractivity contribution in [1.82, 2.24) is 10.2 Å². The van der Waals surface area contributed by atoms with Crippen LogP contribution < -0.4 is 5.32 Å². The summed E-state index contributed by atoms with van der Waals surface area (Å²) in [6.45, 7) is 7.59. The SMILES string of the molecule is CN(C(=O)OC(C)(C)C)C1CCCNC1.Cl. The number of ether oxygens (including phenoxy) is 1. The summed E-state index contributed by atoms with van der Waals surface area (Å²) >= 11 is 0. The molecular weight excluding hydrogens is 228 g/mol. The molecule has 1 atom stereocenters. The molecule has 16 heavy (non-hydrogen) atoms. The lowest BCUT2D eigenvalue weighted by atomic mass is 10.1. The van der Waals surface area contributed by atoms with Crippen LogP contribution in [0, 0.1) is 0 Å². The van der Waals surface area contributed by atoms with Crippen LogP contribution in [0.2, 0.25) is 0 Å². The molecule has 96 valence electrons. The van der Waals surface area contributed by atoms with E-state index < -0.39 is 5.60 Å². The number of carbonyl (C=O) groups excluding carboxylic acids is 1. The van der Waals surface area contributed by atoms with E-state index >= 15 is 0 Å². The zero-order valence-corrected chi connectivity index (χ0v) is 11.4. The molecule has 1 aliphatic rings. The highest BCUT2D eigenvalue weighted by molar-refractivity contribution is 5.85. The number of rotatable bonds is 1. The molecule has 0 spiro atoms. The van der Waals surface area contributed by atoms with E-state index in [1.54, 1.807) is 4.90 Å². The fourth-order valence-corrected chi connectivity index (χ4v) is 1.65. The number of halogens is 1. The maximum atomic E-state index is 11.7. The molecule has 0 aromatic heterocycles. The van der Waals surface area contributed by atoms with E-state index in [2.05, 4.69) is 5.32 Å². The second kappa shape index (κ2) is 6.30. The van der Waals surface area contributed by atoms with Gasteiger partial charge in [0.05, 0.1) is 0 Å². The minimum absolute atomic E-state index is 0. The summed E-state index contributed by atoms with van der Waals surface area (Å²) in [5.41, 5.74) is -0.409. The number of amides is 1. The highest BCUT2D eigenvalue weighted by atomic mass is 35.5. The average molecular weight is 251 g/mol. The van der Waals surface area contributed by atoms with Gasteiger partial charge in [0.25, 0.3) is 0 Å². The molecule has 0 saturated carbocycles. The van der Waals surface area contributed by atoms with Gasteiger partial charge in [-0.3, -0.25) is 0 Å². The number of nitrogens with one attached hydrogen (secondary N) is 1. The minimum atomic E-state index is -0.409. The molecule has 1 saturated heterocycles. The molecule has 1 N–H and O–H groups in total. The van der Waals surface area contributed by atoms with Gasteiger partial charge in [0.2, 0.25) is 0 Å². The van der Waals surface area contributed by atoms with Crippen molar-refractivity contribution in [3.05, 3.63) is 0 Å². The van der Waals surface area contributed by atoms with Crippen molar-refractivity contribution in [3.8, 4) is 0 Å². The summed E-state index contributed by atoms with van der Waals surface area (Å²) < 4.78 is 5.31. The number of carbonyl (C=O) groups is 1. The monoisotopic (exact) mass is 250 g/mol. The van der Waals surface area contributed by atoms with Crippen molar-refractivity contribution >= 4 is 18.5 Å². The molecule has 0 aliphatic carbocycles. The van der Waals surface area contributed by atoms with Crippen LogP contribution in [0.1, 0.15) is 33.6 Å². The molecule has 5 heteroatoms. The van der Waals surface area contributed by atoms with Crippen LogP contribution in [-0.4, -0.2) is 42.8 Å². The van der Waals surface area contributed by atoms with Crippen LogP contribution in [0.25, 0.3) is 0 Å². The zero-order chi connectivity index (χ0) is 11.5. The number of piperidine rings is 1. The smallest absolute Gasteiger partial charge is 0.410 e. The van der Waals surface area contributed by atoms with Gasteiger partial charge in [0, 0.05) is 19.6 Å². The van der Waals surface area contributed by atoms with Gasteiger partial charge in [-0.15, -0.1) is 12.4 Å². The standard InChI is InChI=1S/C11H22N2O2.ClH/c1-11(2,3)15-10(14)13(4)9-6-5-7-12-8-9;/h9,12H,5-8H2,1-4H3;1H. The van der Waals surface area contributed by atoms with Crippen LogP contribution in [0.5, 0.6) is 0 Å². The van der Waals surface area contributed by atoms with E-state index in [1.807, 2.05) is 27.8 Å². The Bertz CT molecular complexity index is 223. The van der Waals surface area contributed by atoms with Gasteiger partial charge in [-0.25, -0.2) is 4.79 Å². The first-order valence-corrected chi connectivity index (χ1v) is 5.56. The van der Waals surface area contributed by atoms with Crippen molar-refractivity contribution in [2.24, 2.45) is 0 Å². The molecular formula is C11H23ClN2O2. The van der Waals surface area contributed by atoms with Crippen molar-refractivity contribution in [2.45, 2.75) is 45.3 Å². The van der Waals surface area contributed by atoms with E-state index in [1.165, 1.54) is 0 Å². The Morgan fingerprint density at radius 3 is 2.50 bits per heavy atom. The second-order valence-electron chi connectivity index (χ2n) is 5.09. The Morgan fingerprint density at radius 2 is 2.06 bits per heavy atom. The highest BCUT2D eigenvalue weighted by Crippen LogP contribution is 2.14. The van der Waals surface area contributed by atoms with Crippen molar-refractivity contribution in [1.29, 1.82) is 0 Å². The summed E-state index contributed by atoms with van der Waals surface area (Å²) in [5.74, 6) is 0. The quantitative estimate of drug-likeness (QED) is 0.774. The lowest BCUT2D eigenvalue weighted by Gasteiger charge is -2.33. The van der Waals surface area contributed by atoms with Gasteiger partial charge in [-0.2, -0.15) is 0 Å². The lowest BCUT2D eigenvalue weighted by molar-refractivity contribution is 0.0201. The van der Waals surface area contributed by atoms with E-state index in [4.69, 9.17) is 4.74 Å². The maximum Gasteiger partial charge on any atom is 0.410 e. The topological polar surface area (TPSA) is 41.6 Å². The zero-order valence-electron chi connectivity index (χ0n) is 10.6. The molecule has 1 rings (SSSR count). The van der Waals surface area contributed by atoms with Crippen LogP contribution in [0.4, 0.5) is 4.79 Å². The maximum absolute atomic E-state index is 11.7. The predicted octanol–water partition coefficient (Wildman–Crippen LogP) is 2.03. The van der Waals surface area contributed by atoms with E-state index in [9.17, 15) is 4.79 Å². The van der Waals surface area contributed by atoms with Gasteiger partial charge >= 0.3 is 6.09 Å². The van der Waals surface area contributed by atoms with E-state index in [0.717, 1.165) is 25.9 Å². The van der Waals surface area contributed by atoms with Crippen LogP contribution in [0.15, 0.2) is 0 Å². The number of likely N-dealkylation sites (N-methyl/N-ethyl adjacent to an activating group) is 1. The Labute approximate surface area is 104 Å².